The molecule has 3 aliphatic carbocycles. The largest absolute Gasteiger partial charge is 0.473 e. The maximum absolute atomic E-state index is 15.0. The first kappa shape index (κ1) is 23.6. The van der Waals surface area contributed by atoms with Crippen molar-refractivity contribution in [2.75, 3.05) is 13.1 Å². The molecule has 0 unspecified atom stereocenters. The molecule has 3 saturated carbocycles. The highest BCUT2D eigenvalue weighted by Crippen LogP contribution is 2.43. The third kappa shape index (κ3) is 5.78. The molecule has 1 aromatic carbocycles. The third-order valence-corrected chi connectivity index (χ3v) is 8.80. The molecule has 2 aromatic rings. The number of hydrogen-bond donors (Lipinski definition) is 1. The second-order valence-electron chi connectivity index (χ2n) is 10.5. The van der Waals surface area contributed by atoms with Crippen molar-refractivity contribution < 1.29 is 13.9 Å². The molecule has 1 aliphatic heterocycles. The first-order valence-electron chi connectivity index (χ1n) is 12.9. The Morgan fingerprint density at radius 3 is 2.49 bits per heavy atom. The Bertz CT molecular complexity index is 1110. The van der Waals surface area contributed by atoms with Crippen LogP contribution in [0.15, 0.2) is 24.4 Å². The molecule has 6 rings (SSSR count). The number of amides is 1. The highest BCUT2D eigenvalue weighted by atomic mass is 35.5. The van der Waals surface area contributed by atoms with Crippen molar-refractivity contribution in [3.05, 3.63) is 57.5 Å². The average molecular weight is 516 g/mol. The number of benzene rings is 1. The minimum absolute atomic E-state index is 0.0812. The molecule has 0 atom stereocenters. The topological polar surface area (TPSA) is 54.5 Å². The molecule has 0 bridgehead atoms. The maximum Gasteiger partial charge on any atom is 0.264 e. The number of nitrogens with zero attached hydrogens (tertiary/aromatic N) is 2. The van der Waals surface area contributed by atoms with Crippen LogP contribution in [-0.2, 0) is 6.54 Å². The number of pyridine rings is 1. The summed E-state index contributed by atoms with van der Waals surface area (Å²) in [6, 6.07) is 5.40. The summed E-state index contributed by atoms with van der Waals surface area (Å²) in [6.45, 7) is 2.44. The van der Waals surface area contributed by atoms with Gasteiger partial charge in [-0.15, -0.1) is 0 Å². The van der Waals surface area contributed by atoms with Crippen LogP contribution in [0.2, 0.25) is 5.02 Å². The standard InChI is InChI=1S/C27H31ClFN3O2S/c28-24-11-18(16-1-2-16)14-30-27(24)34-20-7-9-32(10-8-20)15-19-12-25(29)23(13-22(19)17-3-4-17)26(33)31-35-21-5-6-21/h11-14,16-17,20-21H,1-10,15H2,(H,31,33). The fourth-order valence-electron chi connectivity index (χ4n) is 4.85. The van der Waals surface area contributed by atoms with Gasteiger partial charge >= 0.3 is 0 Å². The zero-order valence-corrected chi connectivity index (χ0v) is 21.3. The van der Waals surface area contributed by atoms with E-state index in [1.165, 1.54) is 30.4 Å². The lowest BCUT2D eigenvalue weighted by Crippen LogP contribution is -2.38. The predicted molar refractivity (Wildman–Crippen MR) is 137 cm³/mol. The number of rotatable bonds is 9. The van der Waals surface area contributed by atoms with Crippen LogP contribution >= 0.6 is 23.5 Å². The summed E-state index contributed by atoms with van der Waals surface area (Å²) in [5, 5.41) is 1.09. The van der Waals surface area contributed by atoms with Crippen molar-refractivity contribution >= 4 is 29.5 Å². The van der Waals surface area contributed by atoms with Gasteiger partial charge in [0, 0.05) is 31.1 Å². The minimum atomic E-state index is -0.424. The quantitative estimate of drug-likeness (QED) is 0.402. The number of carbonyl (C=O) groups excluding carboxylic acids is 1. The Labute approximate surface area is 215 Å². The SMILES string of the molecule is O=C(NSC1CC1)c1cc(C2CC2)c(CN2CCC(Oc3ncc(C4CC4)cc3Cl)CC2)cc1F. The fraction of sp³-hybridized carbons (Fsp3) is 0.556. The first-order chi connectivity index (χ1) is 17.0. The first-order valence-corrected chi connectivity index (χ1v) is 14.1. The number of ether oxygens (including phenoxy) is 1. The van der Waals surface area contributed by atoms with Crippen LogP contribution in [0.3, 0.4) is 0 Å². The van der Waals surface area contributed by atoms with E-state index in [1.807, 2.05) is 12.3 Å². The van der Waals surface area contributed by atoms with Gasteiger partial charge in [-0.05, 0) is 110 Å². The van der Waals surface area contributed by atoms with E-state index in [0.29, 0.717) is 34.5 Å². The van der Waals surface area contributed by atoms with Gasteiger partial charge in [0.05, 0.1) is 5.56 Å². The van der Waals surface area contributed by atoms with Crippen molar-refractivity contribution in [2.45, 2.75) is 81.1 Å². The molecule has 1 N–H and O–H groups in total. The minimum Gasteiger partial charge on any atom is -0.473 e. The van der Waals surface area contributed by atoms with E-state index in [0.717, 1.165) is 62.7 Å². The lowest BCUT2D eigenvalue weighted by atomic mass is 9.97. The summed E-state index contributed by atoms with van der Waals surface area (Å²) < 4.78 is 23.9. The molecular weight excluding hydrogens is 485 g/mol. The Hall–Kier alpha value is -1.83. The normalized spacial score (nSPS) is 21.2. The molecule has 4 aliphatic rings. The molecule has 8 heteroatoms. The van der Waals surface area contributed by atoms with Gasteiger partial charge in [0.15, 0.2) is 0 Å². The predicted octanol–water partition coefficient (Wildman–Crippen LogP) is 6.21. The number of likely N-dealkylation sites (tertiary alicyclic amines) is 1. The van der Waals surface area contributed by atoms with Crippen LogP contribution in [0.25, 0.3) is 0 Å². The van der Waals surface area contributed by atoms with Gasteiger partial charge in [-0.1, -0.05) is 11.6 Å². The van der Waals surface area contributed by atoms with Crippen LogP contribution in [0.1, 0.15) is 90.3 Å². The molecule has 0 spiro atoms. The Morgan fingerprint density at radius 1 is 1.09 bits per heavy atom. The molecular formula is C27H31ClFN3O2S. The van der Waals surface area contributed by atoms with E-state index in [2.05, 4.69) is 14.6 Å². The molecule has 5 nitrogen and oxygen atoms in total. The zero-order chi connectivity index (χ0) is 23.9. The number of hydrogen-bond acceptors (Lipinski definition) is 5. The average Bonchev–Trinajstić information content (AvgIpc) is 3.70. The number of piperidine rings is 1. The summed E-state index contributed by atoms with van der Waals surface area (Å²) in [6.07, 6.45) is 10.6. The van der Waals surface area contributed by atoms with Crippen molar-refractivity contribution in [3.63, 3.8) is 0 Å². The highest BCUT2D eigenvalue weighted by molar-refractivity contribution is 7.98. The summed E-state index contributed by atoms with van der Waals surface area (Å²) in [5.74, 6) is 0.852. The van der Waals surface area contributed by atoms with Crippen molar-refractivity contribution in [3.8, 4) is 5.88 Å². The number of aromatic nitrogens is 1. The maximum atomic E-state index is 15.0. The monoisotopic (exact) mass is 515 g/mol. The van der Waals surface area contributed by atoms with Crippen molar-refractivity contribution in [1.29, 1.82) is 0 Å². The van der Waals surface area contributed by atoms with E-state index in [4.69, 9.17) is 16.3 Å². The Morgan fingerprint density at radius 2 is 1.83 bits per heavy atom. The van der Waals surface area contributed by atoms with Gasteiger partial charge in [0.25, 0.3) is 5.91 Å². The third-order valence-electron chi connectivity index (χ3n) is 7.42. The number of carbonyl (C=O) groups is 1. The van der Waals surface area contributed by atoms with Gasteiger partial charge in [-0.2, -0.15) is 0 Å². The Balaban J connectivity index is 1.07. The summed E-state index contributed by atoms with van der Waals surface area (Å²) >= 11 is 7.86. The second-order valence-corrected chi connectivity index (χ2v) is 12.0. The van der Waals surface area contributed by atoms with E-state index in [9.17, 15) is 9.18 Å². The summed E-state index contributed by atoms with van der Waals surface area (Å²) in [4.78, 5) is 19.4. The molecule has 2 heterocycles. The van der Waals surface area contributed by atoms with Gasteiger partial charge < -0.3 is 4.74 Å². The Kier molecular flexibility index (Phi) is 6.67. The lowest BCUT2D eigenvalue weighted by Gasteiger charge is -2.32. The van der Waals surface area contributed by atoms with E-state index < -0.39 is 5.82 Å². The van der Waals surface area contributed by atoms with Crippen molar-refractivity contribution in [2.24, 2.45) is 0 Å². The highest BCUT2D eigenvalue weighted by Gasteiger charge is 2.31. The van der Waals surface area contributed by atoms with Gasteiger partial charge in [-0.25, -0.2) is 9.37 Å². The van der Waals surface area contributed by atoms with Crippen LogP contribution in [0.5, 0.6) is 5.88 Å². The summed E-state index contributed by atoms with van der Waals surface area (Å²) in [7, 11) is 0. The van der Waals surface area contributed by atoms with E-state index in [-0.39, 0.29) is 17.6 Å². The van der Waals surface area contributed by atoms with Gasteiger partial charge in [0.2, 0.25) is 5.88 Å². The zero-order valence-electron chi connectivity index (χ0n) is 19.8. The van der Waals surface area contributed by atoms with E-state index in [1.54, 1.807) is 12.1 Å². The lowest BCUT2D eigenvalue weighted by molar-refractivity contribution is 0.0929. The molecule has 0 radical (unpaired) electrons. The second kappa shape index (κ2) is 9.91. The molecule has 186 valence electrons. The number of nitrogens with one attached hydrogen (secondary N) is 1. The van der Waals surface area contributed by atoms with Crippen LogP contribution in [0.4, 0.5) is 4.39 Å². The van der Waals surface area contributed by atoms with Gasteiger partial charge in [0.1, 0.15) is 16.9 Å². The number of halogens is 2. The molecule has 1 amide bonds. The van der Waals surface area contributed by atoms with Gasteiger partial charge in [-0.3, -0.25) is 14.4 Å². The van der Waals surface area contributed by atoms with Crippen LogP contribution in [-0.4, -0.2) is 40.2 Å². The molecule has 1 saturated heterocycles. The summed E-state index contributed by atoms with van der Waals surface area (Å²) in [5.41, 5.74) is 3.53. The smallest absolute Gasteiger partial charge is 0.264 e. The van der Waals surface area contributed by atoms with Crippen molar-refractivity contribution in [1.82, 2.24) is 14.6 Å². The van der Waals surface area contributed by atoms with Crippen LogP contribution in [0, 0.1) is 5.82 Å². The molecule has 35 heavy (non-hydrogen) atoms. The van der Waals surface area contributed by atoms with Crippen LogP contribution < -0.4 is 9.46 Å². The van der Waals surface area contributed by atoms with E-state index >= 15 is 0 Å². The fourth-order valence-corrected chi connectivity index (χ4v) is 5.82. The molecule has 1 aromatic heterocycles. The molecule has 4 fully saturated rings.